The van der Waals surface area contributed by atoms with E-state index in [1.165, 1.54) is 6.33 Å². The van der Waals surface area contributed by atoms with Crippen LogP contribution in [0.4, 0.5) is 4.79 Å². The molecule has 1 aromatic rings. The third kappa shape index (κ3) is 4.16. The molecule has 8 nitrogen and oxygen atoms in total. The Kier molecular flexibility index (Phi) is 4.83. The molecular formula is C12H16N4O4. The highest BCUT2D eigenvalue weighted by molar-refractivity contribution is 5.74. The van der Waals surface area contributed by atoms with E-state index in [1.807, 2.05) is 0 Å². The van der Waals surface area contributed by atoms with E-state index in [-0.39, 0.29) is 12.1 Å². The van der Waals surface area contributed by atoms with E-state index in [0.717, 1.165) is 0 Å². The summed E-state index contributed by atoms with van der Waals surface area (Å²) in [5.41, 5.74) is 0.707. The molecular weight excluding hydrogens is 264 g/mol. The highest BCUT2D eigenvalue weighted by atomic mass is 16.5. The third-order valence-electron chi connectivity index (χ3n) is 2.95. The smallest absolute Gasteiger partial charge is 0.332 e. The fraction of sp³-hybridized carbons (Fsp3) is 0.500. The molecule has 2 rings (SSSR count). The second kappa shape index (κ2) is 6.80. The van der Waals surface area contributed by atoms with Crippen LogP contribution in [-0.2, 0) is 16.1 Å². The Morgan fingerprint density at radius 2 is 2.25 bits per heavy atom. The minimum absolute atomic E-state index is 0.249. The zero-order chi connectivity index (χ0) is 14.4. The van der Waals surface area contributed by atoms with Gasteiger partial charge >= 0.3 is 12.0 Å². The first-order chi connectivity index (χ1) is 9.65. The number of aromatic nitrogens is 2. The monoisotopic (exact) mass is 280 g/mol. The van der Waals surface area contributed by atoms with Crippen LogP contribution in [0, 0.1) is 0 Å². The Balaban J connectivity index is 1.65. The number of nitrogens with zero attached hydrogens (tertiary/aromatic N) is 2. The van der Waals surface area contributed by atoms with Crippen LogP contribution in [0.3, 0.4) is 0 Å². The number of hydrogen-bond donors (Lipinski definition) is 3. The van der Waals surface area contributed by atoms with Crippen molar-refractivity contribution < 1.29 is 19.4 Å². The molecule has 8 heteroatoms. The molecule has 1 aliphatic rings. The van der Waals surface area contributed by atoms with Crippen LogP contribution in [0.1, 0.15) is 18.5 Å². The van der Waals surface area contributed by atoms with Crippen LogP contribution in [0.2, 0.25) is 0 Å². The molecule has 0 saturated carbocycles. The van der Waals surface area contributed by atoms with Crippen molar-refractivity contribution in [1.82, 2.24) is 20.6 Å². The first-order valence-corrected chi connectivity index (χ1v) is 6.30. The molecule has 108 valence electrons. The van der Waals surface area contributed by atoms with Gasteiger partial charge in [-0.3, -0.25) is 0 Å². The largest absolute Gasteiger partial charge is 0.479 e. The molecule has 2 unspecified atom stereocenters. The van der Waals surface area contributed by atoms with Crippen molar-refractivity contribution in [3.63, 3.8) is 0 Å². The van der Waals surface area contributed by atoms with E-state index in [9.17, 15) is 9.59 Å². The van der Waals surface area contributed by atoms with Gasteiger partial charge in [-0.05, 0) is 18.9 Å². The van der Waals surface area contributed by atoms with Crippen LogP contribution in [0.25, 0.3) is 0 Å². The Labute approximate surface area is 115 Å². The van der Waals surface area contributed by atoms with Gasteiger partial charge in [-0.15, -0.1) is 0 Å². The summed E-state index contributed by atoms with van der Waals surface area (Å²) in [6, 6.07) is 1.36. The molecule has 1 fully saturated rings. The molecule has 0 radical (unpaired) electrons. The number of hydrogen-bond acceptors (Lipinski definition) is 5. The van der Waals surface area contributed by atoms with Gasteiger partial charge in [0.25, 0.3) is 0 Å². The second-order valence-corrected chi connectivity index (χ2v) is 4.43. The molecule has 1 saturated heterocycles. The molecule has 0 bridgehead atoms. The number of carbonyl (C=O) groups excluding carboxylic acids is 1. The topological polar surface area (TPSA) is 113 Å². The fourth-order valence-corrected chi connectivity index (χ4v) is 1.90. The molecule has 2 amide bonds. The Hall–Kier alpha value is -2.22. The molecule has 2 heterocycles. The summed E-state index contributed by atoms with van der Waals surface area (Å²) in [5.74, 6) is -0.958. The third-order valence-corrected chi connectivity index (χ3v) is 2.95. The van der Waals surface area contributed by atoms with Crippen molar-refractivity contribution in [2.24, 2.45) is 0 Å². The molecule has 1 aliphatic heterocycles. The van der Waals surface area contributed by atoms with Crippen LogP contribution < -0.4 is 10.6 Å². The summed E-state index contributed by atoms with van der Waals surface area (Å²) >= 11 is 0. The average molecular weight is 280 g/mol. The Morgan fingerprint density at radius 1 is 1.40 bits per heavy atom. The van der Waals surface area contributed by atoms with E-state index < -0.39 is 12.1 Å². The van der Waals surface area contributed by atoms with E-state index in [0.29, 0.717) is 31.6 Å². The predicted octanol–water partition coefficient (Wildman–Crippen LogP) is -0.0920. The number of ether oxygens (including phenoxy) is 1. The number of nitrogens with one attached hydrogen (secondary N) is 2. The zero-order valence-electron chi connectivity index (χ0n) is 10.8. The second-order valence-electron chi connectivity index (χ2n) is 4.43. The van der Waals surface area contributed by atoms with Crippen molar-refractivity contribution in [3.8, 4) is 0 Å². The summed E-state index contributed by atoms with van der Waals surface area (Å²) in [7, 11) is 0. The summed E-state index contributed by atoms with van der Waals surface area (Å²) < 4.78 is 5.27. The SMILES string of the molecule is O=C(NCc1ccncn1)NCC1CCC(C(=O)O)O1. The van der Waals surface area contributed by atoms with Gasteiger partial charge in [0.05, 0.1) is 18.3 Å². The highest BCUT2D eigenvalue weighted by Gasteiger charge is 2.30. The summed E-state index contributed by atoms with van der Waals surface area (Å²) in [6.07, 6.45) is 3.10. The van der Waals surface area contributed by atoms with E-state index in [2.05, 4.69) is 20.6 Å². The van der Waals surface area contributed by atoms with Gasteiger partial charge in [-0.2, -0.15) is 0 Å². The maximum atomic E-state index is 11.6. The summed E-state index contributed by atoms with van der Waals surface area (Å²) in [4.78, 5) is 30.0. The number of amides is 2. The molecule has 1 aromatic heterocycles. The van der Waals surface area contributed by atoms with Crippen LogP contribution in [0.5, 0.6) is 0 Å². The van der Waals surface area contributed by atoms with Gasteiger partial charge in [0.15, 0.2) is 6.10 Å². The molecule has 2 atom stereocenters. The van der Waals surface area contributed by atoms with Crippen LogP contribution >= 0.6 is 0 Å². The number of aliphatic carboxylic acids is 1. The highest BCUT2D eigenvalue weighted by Crippen LogP contribution is 2.19. The molecule has 3 N–H and O–H groups in total. The molecule has 20 heavy (non-hydrogen) atoms. The first kappa shape index (κ1) is 14.2. The van der Waals surface area contributed by atoms with Gasteiger partial charge in [-0.1, -0.05) is 0 Å². The predicted molar refractivity (Wildman–Crippen MR) is 67.8 cm³/mol. The van der Waals surface area contributed by atoms with Crippen LogP contribution in [-0.4, -0.2) is 45.8 Å². The minimum Gasteiger partial charge on any atom is -0.479 e. The molecule has 0 aliphatic carbocycles. The lowest BCUT2D eigenvalue weighted by Gasteiger charge is -2.12. The van der Waals surface area contributed by atoms with E-state index in [4.69, 9.17) is 9.84 Å². The normalized spacial score (nSPS) is 21.4. The number of carbonyl (C=O) groups is 2. The fourth-order valence-electron chi connectivity index (χ4n) is 1.90. The van der Waals surface area contributed by atoms with Crippen molar-refractivity contribution >= 4 is 12.0 Å². The van der Waals surface area contributed by atoms with E-state index in [1.54, 1.807) is 12.3 Å². The van der Waals surface area contributed by atoms with Gasteiger partial charge in [0.1, 0.15) is 6.33 Å². The number of carboxylic acid groups (broad SMARTS) is 1. The average Bonchev–Trinajstić information content (AvgIpc) is 2.93. The molecule has 0 aromatic carbocycles. The Morgan fingerprint density at radius 3 is 2.90 bits per heavy atom. The van der Waals surface area contributed by atoms with Crippen molar-refractivity contribution in [1.29, 1.82) is 0 Å². The quantitative estimate of drug-likeness (QED) is 0.694. The lowest BCUT2D eigenvalue weighted by molar-refractivity contribution is -0.149. The summed E-state index contributed by atoms with van der Waals surface area (Å²) in [6.45, 7) is 0.594. The lowest BCUT2D eigenvalue weighted by atomic mass is 10.2. The zero-order valence-corrected chi connectivity index (χ0v) is 10.8. The minimum atomic E-state index is -0.958. The van der Waals surface area contributed by atoms with Crippen molar-refractivity contribution in [3.05, 3.63) is 24.3 Å². The maximum Gasteiger partial charge on any atom is 0.332 e. The number of rotatable bonds is 5. The van der Waals surface area contributed by atoms with Gasteiger partial charge in [0, 0.05) is 12.7 Å². The maximum absolute atomic E-state index is 11.6. The Bertz CT molecular complexity index is 468. The standard InChI is InChI=1S/C12H16N4O4/c17-11(18)10-2-1-9(20-10)6-15-12(19)14-5-8-3-4-13-7-16-8/h3-4,7,9-10H,1-2,5-6H2,(H,17,18)(H2,14,15,19). The molecule has 0 spiro atoms. The van der Waals surface area contributed by atoms with Gasteiger partial charge < -0.3 is 20.5 Å². The first-order valence-electron chi connectivity index (χ1n) is 6.30. The van der Waals surface area contributed by atoms with E-state index >= 15 is 0 Å². The summed E-state index contributed by atoms with van der Waals surface area (Å²) in [5, 5.41) is 14.1. The van der Waals surface area contributed by atoms with Gasteiger partial charge in [-0.25, -0.2) is 19.6 Å². The van der Waals surface area contributed by atoms with Crippen molar-refractivity contribution in [2.75, 3.05) is 6.54 Å². The number of urea groups is 1. The lowest BCUT2D eigenvalue weighted by Crippen LogP contribution is -2.39. The van der Waals surface area contributed by atoms with Crippen LogP contribution in [0.15, 0.2) is 18.6 Å². The number of carboxylic acids is 1. The van der Waals surface area contributed by atoms with Crippen molar-refractivity contribution in [2.45, 2.75) is 31.6 Å². The van der Waals surface area contributed by atoms with Gasteiger partial charge in [0.2, 0.25) is 0 Å².